The number of carbonyl (C=O) groups is 3. The Hall–Kier alpha value is -2.77. The van der Waals surface area contributed by atoms with Gasteiger partial charge in [0, 0.05) is 11.4 Å². The molecule has 142 valence electrons. The van der Waals surface area contributed by atoms with Crippen molar-refractivity contribution in [3.63, 3.8) is 0 Å². The molecule has 0 heterocycles. The van der Waals surface area contributed by atoms with Crippen molar-refractivity contribution >= 4 is 46.8 Å². The topological polar surface area (TPSA) is 111 Å². The molecule has 0 aliphatic heterocycles. The Kier molecular flexibility index (Phi) is 7.45. The summed E-state index contributed by atoms with van der Waals surface area (Å²) in [6.45, 7) is -0.552. The van der Waals surface area contributed by atoms with E-state index in [1.165, 1.54) is 12.1 Å². The van der Waals surface area contributed by atoms with Crippen molar-refractivity contribution in [1.29, 1.82) is 0 Å². The zero-order chi connectivity index (χ0) is 19.8. The molecule has 7 nitrogen and oxygen atoms in total. The van der Waals surface area contributed by atoms with Gasteiger partial charge in [-0.05, 0) is 23.8 Å². The minimum atomic E-state index is -1.02. The first-order valence-electron chi connectivity index (χ1n) is 7.86. The Bertz CT molecular complexity index is 831. The average Bonchev–Trinajstić information content (AvgIpc) is 2.62. The Morgan fingerprint density at radius 1 is 1.07 bits per heavy atom. The molecule has 0 radical (unpaired) electrons. The first-order chi connectivity index (χ1) is 12.8. The van der Waals surface area contributed by atoms with Crippen LogP contribution < -0.4 is 16.4 Å². The fourth-order valence-corrected chi connectivity index (χ4v) is 2.68. The molecule has 0 saturated carbocycles. The lowest BCUT2D eigenvalue weighted by Gasteiger charge is -2.16. The molecule has 4 N–H and O–H groups in total. The molecule has 9 heteroatoms. The number of benzene rings is 2. The Balaban J connectivity index is 1.93. The first-order valence-corrected chi connectivity index (χ1v) is 8.62. The highest BCUT2D eigenvalue weighted by Gasteiger charge is 2.23. The van der Waals surface area contributed by atoms with Crippen molar-refractivity contribution in [2.75, 3.05) is 11.9 Å². The number of rotatable bonds is 7. The summed E-state index contributed by atoms with van der Waals surface area (Å²) in [7, 11) is 0. The number of primary amides is 1. The number of hydrogen-bond donors (Lipinski definition) is 3. The Morgan fingerprint density at radius 2 is 1.78 bits per heavy atom. The molecular formula is C18H17Cl2N3O4. The lowest BCUT2D eigenvalue weighted by molar-refractivity contribution is -0.149. The zero-order valence-electron chi connectivity index (χ0n) is 14.1. The van der Waals surface area contributed by atoms with Gasteiger partial charge in [0.15, 0.2) is 6.61 Å². The number of urea groups is 1. The minimum absolute atomic E-state index is 0.174. The summed E-state index contributed by atoms with van der Waals surface area (Å²) in [5, 5.41) is 5.49. The standard InChI is InChI=1S/C18H17Cl2N3O4/c19-12-6-7-14(13(20)9-12)22-16(24)10-27-17(25)15(23-18(21)26)8-11-4-2-1-3-5-11/h1-7,9,15H,8,10H2,(H,22,24)(H3,21,23,26)/t15-/m0/s1. The van der Waals surface area contributed by atoms with Crippen molar-refractivity contribution in [2.24, 2.45) is 5.73 Å². The molecule has 1 atom stereocenters. The molecule has 2 aromatic carbocycles. The van der Waals surface area contributed by atoms with E-state index in [0.29, 0.717) is 10.7 Å². The summed E-state index contributed by atoms with van der Waals surface area (Å²) >= 11 is 11.8. The maximum absolute atomic E-state index is 12.2. The number of carbonyl (C=O) groups excluding carboxylic acids is 3. The van der Waals surface area contributed by atoms with Crippen LogP contribution in [0.4, 0.5) is 10.5 Å². The molecule has 0 saturated heterocycles. The van der Waals surface area contributed by atoms with E-state index in [1.54, 1.807) is 30.3 Å². The van der Waals surface area contributed by atoms with Crippen LogP contribution in [0.15, 0.2) is 48.5 Å². The normalized spacial score (nSPS) is 11.3. The second-order valence-electron chi connectivity index (χ2n) is 5.53. The maximum atomic E-state index is 12.2. The molecule has 0 bridgehead atoms. The van der Waals surface area contributed by atoms with Crippen LogP contribution in [0.3, 0.4) is 0 Å². The van der Waals surface area contributed by atoms with E-state index < -0.39 is 30.6 Å². The zero-order valence-corrected chi connectivity index (χ0v) is 15.6. The van der Waals surface area contributed by atoms with E-state index in [0.717, 1.165) is 5.56 Å². The highest BCUT2D eigenvalue weighted by atomic mass is 35.5. The fraction of sp³-hybridized carbons (Fsp3) is 0.167. The van der Waals surface area contributed by atoms with Crippen LogP contribution in [0.2, 0.25) is 10.0 Å². The number of halogens is 2. The van der Waals surface area contributed by atoms with Gasteiger partial charge in [-0.15, -0.1) is 0 Å². The minimum Gasteiger partial charge on any atom is -0.454 e. The average molecular weight is 410 g/mol. The molecule has 0 aliphatic carbocycles. The highest BCUT2D eigenvalue weighted by molar-refractivity contribution is 6.36. The molecule has 27 heavy (non-hydrogen) atoms. The molecule has 0 unspecified atom stereocenters. The number of nitrogens with two attached hydrogens (primary N) is 1. The Morgan fingerprint density at radius 3 is 2.41 bits per heavy atom. The molecule has 0 fully saturated rings. The van der Waals surface area contributed by atoms with Crippen LogP contribution in [0.25, 0.3) is 0 Å². The lowest BCUT2D eigenvalue weighted by atomic mass is 10.1. The van der Waals surface area contributed by atoms with Crippen molar-refractivity contribution in [2.45, 2.75) is 12.5 Å². The van der Waals surface area contributed by atoms with Gasteiger partial charge >= 0.3 is 12.0 Å². The summed E-state index contributed by atoms with van der Waals surface area (Å²) < 4.78 is 4.98. The van der Waals surface area contributed by atoms with Crippen molar-refractivity contribution < 1.29 is 19.1 Å². The largest absolute Gasteiger partial charge is 0.454 e. The van der Waals surface area contributed by atoms with Gasteiger partial charge < -0.3 is 21.1 Å². The molecule has 0 spiro atoms. The number of esters is 1. The summed E-state index contributed by atoms with van der Waals surface area (Å²) in [6, 6.07) is 11.7. The first kappa shape index (κ1) is 20.5. The smallest absolute Gasteiger partial charge is 0.329 e. The van der Waals surface area contributed by atoms with E-state index in [2.05, 4.69) is 10.6 Å². The summed E-state index contributed by atoms with van der Waals surface area (Å²) in [4.78, 5) is 35.3. The van der Waals surface area contributed by atoms with Gasteiger partial charge in [-0.2, -0.15) is 0 Å². The van der Waals surface area contributed by atoms with Gasteiger partial charge in [-0.3, -0.25) is 4.79 Å². The number of ether oxygens (including phenoxy) is 1. The van der Waals surface area contributed by atoms with Gasteiger partial charge in [0.05, 0.1) is 10.7 Å². The van der Waals surface area contributed by atoms with E-state index >= 15 is 0 Å². The third kappa shape index (κ3) is 6.80. The van der Waals surface area contributed by atoms with E-state index in [-0.39, 0.29) is 11.4 Å². The predicted molar refractivity (Wildman–Crippen MR) is 103 cm³/mol. The second kappa shape index (κ2) is 9.80. The fourth-order valence-electron chi connectivity index (χ4n) is 2.23. The number of nitrogens with one attached hydrogen (secondary N) is 2. The Labute approximate surface area is 165 Å². The quantitative estimate of drug-likeness (QED) is 0.610. The van der Waals surface area contributed by atoms with Crippen molar-refractivity contribution in [3.8, 4) is 0 Å². The van der Waals surface area contributed by atoms with Crippen LogP contribution in [0, 0.1) is 0 Å². The maximum Gasteiger partial charge on any atom is 0.329 e. The number of anilines is 1. The van der Waals surface area contributed by atoms with Crippen LogP contribution in [-0.4, -0.2) is 30.6 Å². The highest BCUT2D eigenvalue weighted by Crippen LogP contribution is 2.25. The van der Waals surface area contributed by atoms with Gasteiger partial charge in [0.25, 0.3) is 5.91 Å². The number of amides is 3. The van der Waals surface area contributed by atoms with Gasteiger partial charge in [0.1, 0.15) is 6.04 Å². The van der Waals surface area contributed by atoms with Gasteiger partial charge in [-0.25, -0.2) is 9.59 Å². The van der Waals surface area contributed by atoms with Crippen LogP contribution in [-0.2, 0) is 20.7 Å². The summed E-state index contributed by atoms with van der Waals surface area (Å²) in [5.41, 5.74) is 6.24. The lowest BCUT2D eigenvalue weighted by Crippen LogP contribution is -2.46. The van der Waals surface area contributed by atoms with Crippen molar-refractivity contribution in [1.82, 2.24) is 5.32 Å². The summed E-state index contributed by atoms with van der Waals surface area (Å²) in [6.07, 6.45) is 0.174. The molecular weight excluding hydrogens is 393 g/mol. The second-order valence-corrected chi connectivity index (χ2v) is 6.37. The van der Waals surface area contributed by atoms with Crippen LogP contribution in [0.1, 0.15) is 5.56 Å². The summed E-state index contributed by atoms with van der Waals surface area (Å²) in [5.74, 6) is -1.37. The van der Waals surface area contributed by atoms with Gasteiger partial charge in [0.2, 0.25) is 0 Å². The van der Waals surface area contributed by atoms with Crippen LogP contribution in [0.5, 0.6) is 0 Å². The molecule has 3 amide bonds. The van der Waals surface area contributed by atoms with Crippen molar-refractivity contribution in [3.05, 3.63) is 64.1 Å². The molecule has 0 aliphatic rings. The molecule has 2 rings (SSSR count). The third-order valence-corrected chi connectivity index (χ3v) is 3.98. The molecule has 2 aromatic rings. The van der Waals surface area contributed by atoms with E-state index in [9.17, 15) is 14.4 Å². The molecule has 0 aromatic heterocycles. The van der Waals surface area contributed by atoms with E-state index in [4.69, 9.17) is 33.7 Å². The number of hydrogen-bond acceptors (Lipinski definition) is 4. The third-order valence-electron chi connectivity index (χ3n) is 3.43. The van der Waals surface area contributed by atoms with Gasteiger partial charge in [-0.1, -0.05) is 53.5 Å². The van der Waals surface area contributed by atoms with E-state index in [1.807, 2.05) is 6.07 Å². The SMILES string of the molecule is NC(=O)N[C@@H](Cc1ccccc1)C(=O)OCC(=O)Nc1ccc(Cl)cc1Cl. The monoisotopic (exact) mass is 409 g/mol. The van der Waals surface area contributed by atoms with Crippen LogP contribution >= 0.6 is 23.2 Å². The predicted octanol–water partition coefficient (Wildman–Crippen LogP) is 2.75.